The fraction of sp³-hybridized carbons (Fsp3) is 0.429. The third-order valence-corrected chi connectivity index (χ3v) is 3.87. The van der Waals surface area contributed by atoms with Crippen molar-refractivity contribution in [2.75, 3.05) is 6.61 Å². The molecule has 2 N–H and O–H groups in total. The number of carboxylic acid groups (broad SMARTS) is 1. The molecule has 142 valence electrons. The summed E-state index contributed by atoms with van der Waals surface area (Å²) in [5.74, 6) is -0.0509. The van der Waals surface area contributed by atoms with Gasteiger partial charge in [0.2, 0.25) is 0 Å². The van der Waals surface area contributed by atoms with E-state index in [-0.39, 0.29) is 0 Å². The SMILES string of the molecule is CC(=O)O.CCCCCCCCOc1ccc2ccccc2c1C=NO. The second-order valence-corrected chi connectivity index (χ2v) is 6.08. The van der Waals surface area contributed by atoms with Crippen molar-refractivity contribution in [2.24, 2.45) is 5.16 Å². The number of ether oxygens (including phenoxy) is 1. The number of oxime groups is 1. The van der Waals surface area contributed by atoms with Crippen LogP contribution in [0.3, 0.4) is 0 Å². The van der Waals surface area contributed by atoms with E-state index in [9.17, 15) is 0 Å². The third kappa shape index (κ3) is 8.01. The molecule has 0 radical (unpaired) electrons. The summed E-state index contributed by atoms with van der Waals surface area (Å²) in [6, 6.07) is 12.0. The Morgan fingerprint density at radius 1 is 1.08 bits per heavy atom. The molecule has 0 saturated heterocycles. The largest absolute Gasteiger partial charge is 0.493 e. The molecule has 2 rings (SSSR count). The van der Waals surface area contributed by atoms with Crippen molar-refractivity contribution >= 4 is 23.0 Å². The first kappa shape index (κ1) is 21.5. The molecule has 0 aliphatic heterocycles. The van der Waals surface area contributed by atoms with Crippen LogP contribution in [0.4, 0.5) is 0 Å². The topological polar surface area (TPSA) is 79.1 Å². The highest BCUT2D eigenvalue weighted by atomic mass is 16.5. The van der Waals surface area contributed by atoms with Crippen molar-refractivity contribution < 1.29 is 19.8 Å². The van der Waals surface area contributed by atoms with Crippen LogP contribution in [0, 0.1) is 0 Å². The summed E-state index contributed by atoms with van der Waals surface area (Å²) in [7, 11) is 0. The van der Waals surface area contributed by atoms with Crippen LogP contribution in [0.1, 0.15) is 57.9 Å². The number of hydrogen-bond donors (Lipinski definition) is 2. The van der Waals surface area contributed by atoms with Crippen LogP contribution in [0.25, 0.3) is 10.8 Å². The molecule has 0 aliphatic rings. The van der Waals surface area contributed by atoms with E-state index in [0.29, 0.717) is 6.61 Å². The molecular weight excluding hydrogens is 330 g/mol. The van der Waals surface area contributed by atoms with Gasteiger partial charge in [0.15, 0.2) is 0 Å². The lowest BCUT2D eigenvalue weighted by molar-refractivity contribution is -0.134. The Kier molecular flexibility index (Phi) is 10.5. The van der Waals surface area contributed by atoms with Crippen molar-refractivity contribution in [3.05, 3.63) is 42.0 Å². The molecular formula is C21H29NO4. The first-order valence-electron chi connectivity index (χ1n) is 9.11. The third-order valence-electron chi connectivity index (χ3n) is 3.87. The first-order valence-corrected chi connectivity index (χ1v) is 9.11. The number of fused-ring (bicyclic) bond motifs is 1. The molecule has 5 nitrogen and oxygen atoms in total. The fourth-order valence-corrected chi connectivity index (χ4v) is 2.66. The van der Waals surface area contributed by atoms with E-state index in [1.165, 1.54) is 38.3 Å². The van der Waals surface area contributed by atoms with Crippen molar-refractivity contribution in [3.63, 3.8) is 0 Å². The predicted molar refractivity (Wildman–Crippen MR) is 106 cm³/mol. The van der Waals surface area contributed by atoms with Crippen LogP contribution >= 0.6 is 0 Å². The molecule has 0 heterocycles. The minimum absolute atomic E-state index is 0.705. The fourth-order valence-electron chi connectivity index (χ4n) is 2.66. The van der Waals surface area contributed by atoms with E-state index < -0.39 is 5.97 Å². The maximum Gasteiger partial charge on any atom is 0.300 e. The van der Waals surface area contributed by atoms with Gasteiger partial charge in [0, 0.05) is 12.5 Å². The lowest BCUT2D eigenvalue weighted by atomic mass is 10.0. The minimum Gasteiger partial charge on any atom is -0.493 e. The summed E-state index contributed by atoms with van der Waals surface area (Å²) in [5, 5.41) is 21.7. The lowest BCUT2D eigenvalue weighted by Crippen LogP contribution is -2.01. The molecule has 0 bridgehead atoms. The van der Waals surface area contributed by atoms with Gasteiger partial charge < -0.3 is 15.1 Å². The van der Waals surface area contributed by atoms with Gasteiger partial charge in [0.05, 0.1) is 12.8 Å². The maximum absolute atomic E-state index is 9.00. The predicted octanol–water partition coefficient (Wildman–Crippen LogP) is 5.48. The first-order chi connectivity index (χ1) is 12.6. The van der Waals surface area contributed by atoms with Crippen molar-refractivity contribution in [1.29, 1.82) is 0 Å². The zero-order valence-electron chi connectivity index (χ0n) is 15.6. The minimum atomic E-state index is -0.833. The Labute approximate surface area is 155 Å². The summed E-state index contributed by atoms with van der Waals surface area (Å²) < 4.78 is 5.90. The quantitative estimate of drug-likeness (QED) is 0.269. The molecule has 5 heteroatoms. The van der Waals surface area contributed by atoms with Crippen molar-refractivity contribution in [1.82, 2.24) is 0 Å². The summed E-state index contributed by atoms with van der Waals surface area (Å²) in [6.45, 7) is 4.02. The summed E-state index contributed by atoms with van der Waals surface area (Å²) in [6.07, 6.45) is 8.91. The van der Waals surface area contributed by atoms with Gasteiger partial charge >= 0.3 is 0 Å². The summed E-state index contributed by atoms with van der Waals surface area (Å²) in [4.78, 5) is 9.00. The molecule has 0 spiro atoms. The molecule has 26 heavy (non-hydrogen) atoms. The van der Waals surface area contributed by atoms with E-state index in [4.69, 9.17) is 19.8 Å². The van der Waals surface area contributed by atoms with Crippen LogP contribution in [-0.4, -0.2) is 29.1 Å². The van der Waals surface area contributed by atoms with Crippen LogP contribution in [0.15, 0.2) is 41.6 Å². The van der Waals surface area contributed by atoms with Gasteiger partial charge in [0.25, 0.3) is 5.97 Å². The molecule has 2 aromatic carbocycles. The molecule has 2 aromatic rings. The number of benzene rings is 2. The van der Waals surface area contributed by atoms with Crippen LogP contribution in [-0.2, 0) is 4.79 Å². The Morgan fingerprint density at radius 3 is 2.42 bits per heavy atom. The van der Waals surface area contributed by atoms with Gasteiger partial charge in [0.1, 0.15) is 5.75 Å². The molecule has 0 fully saturated rings. The normalized spacial score (nSPS) is 10.5. The van der Waals surface area contributed by atoms with E-state index in [1.807, 2.05) is 36.4 Å². The molecule has 0 amide bonds. The van der Waals surface area contributed by atoms with Crippen molar-refractivity contribution in [2.45, 2.75) is 52.4 Å². The summed E-state index contributed by atoms with van der Waals surface area (Å²) >= 11 is 0. The van der Waals surface area contributed by atoms with Gasteiger partial charge in [-0.3, -0.25) is 4.79 Å². The monoisotopic (exact) mass is 359 g/mol. The maximum atomic E-state index is 9.00. The van der Waals surface area contributed by atoms with E-state index >= 15 is 0 Å². The highest BCUT2D eigenvalue weighted by Gasteiger charge is 2.07. The van der Waals surface area contributed by atoms with Crippen molar-refractivity contribution in [3.8, 4) is 5.75 Å². The number of carbonyl (C=O) groups is 1. The Hall–Kier alpha value is -2.56. The number of hydrogen-bond acceptors (Lipinski definition) is 4. The molecule has 0 aliphatic carbocycles. The van der Waals surface area contributed by atoms with E-state index in [0.717, 1.165) is 35.4 Å². The number of carboxylic acids is 1. The zero-order valence-corrected chi connectivity index (χ0v) is 15.6. The molecule has 0 unspecified atom stereocenters. The Balaban J connectivity index is 0.000000765. The average Bonchev–Trinajstić information content (AvgIpc) is 2.62. The highest BCUT2D eigenvalue weighted by molar-refractivity contribution is 6.02. The second kappa shape index (κ2) is 12.8. The number of aliphatic carboxylic acids is 1. The molecule has 0 aromatic heterocycles. The summed E-state index contributed by atoms with van der Waals surface area (Å²) in [5.41, 5.74) is 0.839. The van der Waals surface area contributed by atoms with Crippen LogP contribution in [0.2, 0.25) is 0 Å². The Morgan fingerprint density at radius 2 is 1.73 bits per heavy atom. The second-order valence-electron chi connectivity index (χ2n) is 6.08. The van der Waals surface area contributed by atoms with Crippen LogP contribution in [0.5, 0.6) is 5.75 Å². The standard InChI is InChI=1S/C19H25NO2.C2H4O2/c1-2-3-4-5-6-9-14-22-19-13-12-16-10-7-8-11-17(16)18(19)15-20-21;1-2(3)4/h7-8,10-13,15,21H,2-6,9,14H2,1H3;1H3,(H,3,4). The number of nitrogens with zero attached hydrogens (tertiary/aromatic N) is 1. The molecule has 0 saturated carbocycles. The molecule has 0 atom stereocenters. The van der Waals surface area contributed by atoms with E-state index in [1.54, 1.807) is 0 Å². The van der Waals surface area contributed by atoms with Crippen LogP contribution < -0.4 is 4.74 Å². The van der Waals surface area contributed by atoms with Gasteiger partial charge in [-0.15, -0.1) is 0 Å². The lowest BCUT2D eigenvalue weighted by Gasteiger charge is -2.11. The highest BCUT2D eigenvalue weighted by Crippen LogP contribution is 2.27. The Bertz CT molecular complexity index is 693. The average molecular weight is 359 g/mol. The number of rotatable bonds is 9. The van der Waals surface area contributed by atoms with Gasteiger partial charge in [-0.05, 0) is 23.3 Å². The van der Waals surface area contributed by atoms with E-state index in [2.05, 4.69) is 12.1 Å². The smallest absolute Gasteiger partial charge is 0.300 e. The zero-order chi connectivity index (χ0) is 19.2. The number of unbranched alkanes of at least 4 members (excludes halogenated alkanes) is 5. The van der Waals surface area contributed by atoms with Gasteiger partial charge in [-0.1, -0.05) is 74.5 Å². The van der Waals surface area contributed by atoms with Gasteiger partial charge in [-0.25, -0.2) is 0 Å². The van der Waals surface area contributed by atoms with Gasteiger partial charge in [-0.2, -0.15) is 0 Å².